The van der Waals surface area contributed by atoms with Gasteiger partial charge >= 0.3 is 0 Å². The topological polar surface area (TPSA) is 56.8 Å². The number of nitrogens with zero attached hydrogens (tertiary/aromatic N) is 3. The van der Waals surface area contributed by atoms with Crippen LogP contribution in [-0.2, 0) is 6.54 Å². The molecule has 0 saturated heterocycles. The average molecular weight is 428 g/mol. The van der Waals surface area contributed by atoms with Crippen LogP contribution >= 0.6 is 11.3 Å². The zero-order chi connectivity index (χ0) is 21.2. The van der Waals surface area contributed by atoms with Gasteiger partial charge in [0.2, 0.25) is 0 Å². The molecule has 0 atom stereocenters. The van der Waals surface area contributed by atoms with Gasteiger partial charge in [-0.1, -0.05) is 42.5 Å². The minimum absolute atomic E-state index is 0.749. The van der Waals surface area contributed by atoms with E-state index in [1.54, 1.807) is 11.3 Å². The Labute approximate surface area is 185 Å². The molecule has 0 unspecified atom stereocenters. The van der Waals surface area contributed by atoms with E-state index in [0.717, 1.165) is 47.9 Å². The first kappa shape index (κ1) is 19.6. The molecule has 0 aliphatic rings. The first-order valence-electron chi connectivity index (χ1n) is 10.7. The first-order valence-corrected chi connectivity index (χ1v) is 11.5. The van der Waals surface area contributed by atoms with Crippen LogP contribution in [0.5, 0.6) is 0 Å². The Morgan fingerprint density at radius 2 is 1.77 bits per heavy atom. The van der Waals surface area contributed by atoms with Crippen molar-refractivity contribution >= 4 is 43.1 Å². The van der Waals surface area contributed by atoms with Crippen molar-refractivity contribution in [2.45, 2.75) is 20.4 Å². The zero-order valence-electron chi connectivity index (χ0n) is 17.7. The molecule has 156 valence electrons. The van der Waals surface area contributed by atoms with Crippen LogP contribution < -0.4 is 10.2 Å². The summed E-state index contributed by atoms with van der Waals surface area (Å²) in [6.45, 7) is 6.94. The lowest BCUT2D eigenvalue weighted by atomic mass is 10.1. The fourth-order valence-corrected chi connectivity index (χ4v) is 5.13. The molecule has 2 aromatic carbocycles. The normalized spacial score (nSPS) is 11.3. The SMILES string of the molecule is CCN(CC)c1ncccc1NCc1ccc(-c2n[nH]c3c2sc2ccccc23)cc1. The predicted octanol–water partition coefficient (Wildman–Crippen LogP) is 6.30. The smallest absolute Gasteiger partial charge is 0.151 e. The van der Waals surface area contributed by atoms with E-state index in [4.69, 9.17) is 0 Å². The second kappa shape index (κ2) is 8.40. The Bertz CT molecular complexity index is 1320. The van der Waals surface area contributed by atoms with Gasteiger partial charge in [0, 0.05) is 41.5 Å². The van der Waals surface area contributed by atoms with E-state index in [0.29, 0.717) is 0 Å². The Morgan fingerprint density at radius 1 is 0.968 bits per heavy atom. The molecule has 0 aliphatic carbocycles. The van der Waals surface area contributed by atoms with E-state index in [-0.39, 0.29) is 0 Å². The summed E-state index contributed by atoms with van der Waals surface area (Å²) in [5, 5.41) is 12.6. The number of pyridine rings is 1. The summed E-state index contributed by atoms with van der Waals surface area (Å²) in [5.41, 5.74) is 5.57. The molecule has 5 aromatic rings. The van der Waals surface area contributed by atoms with Crippen molar-refractivity contribution in [3.05, 3.63) is 72.4 Å². The van der Waals surface area contributed by atoms with Gasteiger partial charge in [-0.15, -0.1) is 11.3 Å². The molecular weight excluding hydrogens is 402 g/mol. The Morgan fingerprint density at radius 3 is 2.58 bits per heavy atom. The largest absolute Gasteiger partial charge is 0.378 e. The van der Waals surface area contributed by atoms with Crippen molar-refractivity contribution in [2.75, 3.05) is 23.3 Å². The lowest BCUT2D eigenvalue weighted by Gasteiger charge is -2.23. The number of H-pyrrole nitrogens is 1. The number of fused-ring (bicyclic) bond motifs is 3. The molecule has 3 aromatic heterocycles. The second-order valence-electron chi connectivity index (χ2n) is 7.47. The van der Waals surface area contributed by atoms with Crippen molar-refractivity contribution in [3.63, 3.8) is 0 Å². The summed E-state index contributed by atoms with van der Waals surface area (Å²) >= 11 is 1.79. The highest BCUT2D eigenvalue weighted by molar-refractivity contribution is 7.26. The maximum atomic E-state index is 4.60. The van der Waals surface area contributed by atoms with Gasteiger partial charge in [0.1, 0.15) is 5.69 Å². The van der Waals surface area contributed by atoms with E-state index < -0.39 is 0 Å². The number of anilines is 2. The van der Waals surface area contributed by atoms with Gasteiger partial charge in [-0.2, -0.15) is 5.10 Å². The van der Waals surface area contributed by atoms with Gasteiger partial charge in [-0.05, 0) is 37.6 Å². The summed E-state index contributed by atoms with van der Waals surface area (Å²) in [7, 11) is 0. The van der Waals surface area contributed by atoms with Crippen molar-refractivity contribution in [3.8, 4) is 11.3 Å². The number of aromatic amines is 1. The van der Waals surface area contributed by atoms with Crippen molar-refractivity contribution in [2.24, 2.45) is 0 Å². The van der Waals surface area contributed by atoms with Crippen molar-refractivity contribution in [1.29, 1.82) is 0 Å². The molecule has 0 saturated carbocycles. The summed E-state index contributed by atoms with van der Waals surface area (Å²) in [6.07, 6.45) is 1.85. The third-order valence-corrected chi connectivity index (χ3v) is 6.83. The molecule has 5 nitrogen and oxygen atoms in total. The third-order valence-electron chi connectivity index (χ3n) is 5.65. The van der Waals surface area contributed by atoms with Crippen LogP contribution in [-0.4, -0.2) is 28.3 Å². The summed E-state index contributed by atoms with van der Waals surface area (Å²) in [4.78, 5) is 6.84. The Hall–Kier alpha value is -3.38. The fourth-order valence-electron chi connectivity index (χ4n) is 3.97. The quantitative estimate of drug-likeness (QED) is 0.320. The Balaban J connectivity index is 1.36. The number of nitrogens with one attached hydrogen (secondary N) is 2. The minimum atomic E-state index is 0.749. The molecular formula is C25H25N5S. The van der Waals surface area contributed by atoms with Gasteiger partial charge in [0.05, 0.1) is 15.9 Å². The number of thiophene rings is 1. The molecule has 0 aliphatic heterocycles. The molecule has 31 heavy (non-hydrogen) atoms. The number of rotatable bonds is 7. The van der Waals surface area contributed by atoms with Crippen LogP contribution in [0.25, 0.3) is 31.6 Å². The number of benzene rings is 2. The fraction of sp³-hybridized carbons (Fsp3) is 0.200. The molecule has 0 radical (unpaired) electrons. The van der Waals surface area contributed by atoms with E-state index in [2.05, 4.69) is 93.8 Å². The van der Waals surface area contributed by atoms with Crippen LogP contribution in [0.3, 0.4) is 0 Å². The van der Waals surface area contributed by atoms with E-state index in [1.165, 1.54) is 20.3 Å². The van der Waals surface area contributed by atoms with Crippen LogP contribution in [0.4, 0.5) is 11.5 Å². The van der Waals surface area contributed by atoms with Gasteiger partial charge in [0.25, 0.3) is 0 Å². The van der Waals surface area contributed by atoms with Gasteiger partial charge in [0.15, 0.2) is 5.82 Å². The maximum Gasteiger partial charge on any atom is 0.151 e. The molecule has 0 spiro atoms. The van der Waals surface area contributed by atoms with Crippen molar-refractivity contribution < 1.29 is 0 Å². The van der Waals surface area contributed by atoms with Gasteiger partial charge < -0.3 is 10.2 Å². The highest BCUT2D eigenvalue weighted by atomic mass is 32.1. The lowest BCUT2D eigenvalue weighted by molar-refractivity contribution is 0.845. The average Bonchev–Trinajstić information content (AvgIpc) is 3.39. The maximum absolute atomic E-state index is 4.60. The van der Waals surface area contributed by atoms with Crippen LogP contribution in [0.15, 0.2) is 66.9 Å². The molecule has 6 heteroatoms. The van der Waals surface area contributed by atoms with E-state index >= 15 is 0 Å². The monoisotopic (exact) mass is 427 g/mol. The lowest BCUT2D eigenvalue weighted by Crippen LogP contribution is -2.24. The molecule has 3 heterocycles. The van der Waals surface area contributed by atoms with Crippen molar-refractivity contribution in [1.82, 2.24) is 15.2 Å². The minimum Gasteiger partial charge on any atom is -0.378 e. The van der Waals surface area contributed by atoms with Gasteiger partial charge in [-0.3, -0.25) is 5.10 Å². The summed E-state index contributed by atoms with van der Waals surface area (Å²) < 4.78 is 2.50. The van der Waals surface area contributed by atoms with Gasteiger partial charge in [-0.25, -0.2) is 4.98 Å². The van der Waals surface area contributed by atoms with Crippen LogP contribution in [0.1, 0.15) is 19.4 Å². The first-order chi connectivity index (χ1) is 15.3. The van der Waals surface area contributed by atoms with E-state index in [1.807, 2.05) is 12.3 Å². The third kappa shape index (κ3) is 3.64. The molecule has 5 rings (SSSR count). The highest BCUT2D eigenvalue weighted by Crippen LogP contribution is 2.38. The highest BCUT2D eigenvalue weighted by Gasteiger charge is 2.14. The zero-order valence-corrected chi connectivity index (χ0v) is 18.5. The number of hydrogen-bond acceptors (Lipinski definition) is 5. The molecule has 0 fully saturated rings. The second-order valence-corrected chi connectivity index (χ2v) is 8.52. The Kier molecular flexibility index (Phi) is 5.30. The van der Waals surface area contributed by atoms with Crippen LogP contribution in [0, 0.1) is 0 Å². The molecule has 0 amide bonds. The standard InChI is InChI=1S/C25H25N5S/c1-3-30(4-2)25-20(9-7-15-26-25)27-16-17-11-13-18(14-12-17)22-24-23(29-28-22)19-8-5-6-10-21(19)31-24/h5-15,27H,3-4,16H2,1-2H3,(H,28,29). The van der Waals surface area contributed by atoms with Crippen LogP contribution in [0.2, 0.25) is 0 Å². The number of aromatic nitrogens is 3. The summed E-state index contributed by atoms with van der Waals surface area (Å²) in [6, 6.07) is 21.2. The van der Waals surface area contributed by atoms with E-state index in [9.17, 15) is 0 Å². The molecule has 0 bridgehead atoms. The summed E-state index contributed by atoms with van der Waals surface area (Å²) in [5.74, 6) is 1.01. The molecule has 2 N–H and O–H groups in total. The predicted molar refractivity (Wildman–Crippen MR) is 132 cm³/mol. The number of hydrogen-bond donors (Lipinski definition) is 2.